The van der Waals surface area contributed by atoms with E-state index in [4.69, 9.17) is 4.74 Å². The van der Waals surface area contributed by atoms with Crippen molar-refractivity contribution in [2.24, 2.45) is 11.3 Å². The van der Waals surface area contributed by atoms with Gasteiger partial charge in [0.25, 0.3) is 0 Å². The average Bonchev–Trinajstić information content (AvgIpc) is 2.54. The number of hydrogen-bond donors (Lipinski definition) is 2. The number of ether oxygens (including phenoxy) is 1. The molecular weight excluding hydrogens is 236 g/mol. The van der Waals surface area contributed by atoms with Crippen molar-refractivity contribution in [3.8, 4) is 0 Å². The van der Waals surface area contributed by atoms with Crippen molar-refractivity contribution in [3.63, 3.8) is 0 Å². The molecule has 1 aliphatic carbocycles. The first kappa shape index (κ1) is 12.7. The van der Waals surface area contributed by atoms with Crippen LogP contribution in [0.4, 0.5) is 0 Å². The molecule has 18 heavy (non-hydrogen) atoms. The molecule has 0 saturated carbocycles. The van der Waals surface area contributed by atoms with Crippen LogP contribution in [0, 0.1) is 11.3 Å². The lowest BCUT2D eigenvalue weighted by Gasteiger charge is -2.38. The summed E-state index contributed by atoms with van der Waals surface area (Å²) < 4.78 is 4.80. The Kier molecular flexibility index (Phi) is 2.96. The highest BCUT2D eigenvalue weighted by molar-refractivity contribution is 6.01. The highest BCUT2D eigenvalue weighted by Crippen LogP contribution is 2.48. The van der Waals surface area contributed by atoms with Crippen LogP contribution in [0.3, 0.4) is 0 Å². The molecule has 5 nitrogen and oxygen atoms in total. The lowest BCUT2D eigenvalue weighted by atomic mass is 9.64. The smallest absolute Gasteiger partial charge is 0.324 e. The molecule has 0 amide bonds. The summed E-state index contributed by atoms with van der Waals surface area (Å²) in [5, 5.41) is 20.2. The Morgan fingerprint density at radius 1 is 1.39 bits per heavy atom. The normalized spacial score (nSPS) is 39.9. The van der Waals surface area contributed by atoms with E-state index < -0.39 is 35.3 Å². The molecule has 0 aromatic rings. The Balaban J connectivity index is 2.62. The van der Waals surface area contributed by atoms with Gasteiger partial charge in [-0.15, -0.1) is 0 Å². The van der Waals surface area contributed by atoms with Gasteiger partial charge in [-0.3, -0.25) is 9.59 Å². The predicted molar refractivity (Wildman–Crippen MR) is 62.1 cm³/mol. The maximum absolute atomic E-state index is 12.0. The second-order valence-electron chi connectivity index (χ2n) is 4.41. The molecule has 1 fully saturated rings. The summed E-state index contributed by atoms with van der Waals surface area (Å²) >= 11 is 0. The molecule has 2 rings (SSSR count). The molecule has 2 N–H and O–H groups in total. The first-order chi connectivity index (χ1) is 8.46. The summed E-state index contributed by atoms with van der Waals surface area (Å²) in [6.07, 6.45) is 2.97. The number of carbonyl (C=O) groups is 2. The van der Waals surface area contributed by atoms with E-state index in [2.05, 4.69) is 6.58 Å². The Hall–Kier alpha value is -1.72. The van der Waals surface area contributed by atoms with E-state index in [0.29, 0.717) is 0 Å². The van der Waals surface area contributed by atoms with Crippen LogP contribution >= 0.6 is 0 Å². The van der Waals surface area contributed by atoms with Gasteiger partial charge in [-0.25, -0.2) is 0 Å². The number of rotatable bonds is 1. The molecule has 0 aromatic carbocycles. The Morgan fingerprint density at radius 3 is 2.56 bits per heavy atom. The quantitative estimate of drug-likeness (QED) is 0.509. The SMILES string of the molecule is C=C1OC(=O)C2(C(C=CC)C=CC(=O)C2O)C1O. The van der Waals surface area contributed by atoms with E-state index in [1.54, 1.807) is 19.1 Å². The minimum Gasteiger partial charge on any atom is -0.428 e. The van der Waals surface area contributed by atoms with E-state index in [1.165, 1.54) is 12.2 Å². The first-order valence-electron chi connectivity index (χ1n) is 5.58. The summed E-state index contributed by atoms with van der Waals surface area (Å²) in [6, 6.07) is 0. The first-order valence-corrected chi connectivity index (χ1v) is 5.58. The lowest BCUT2D eigenvalue weighted by molar-refractivity contribution is -0.162. The highest BCUT2D eigenvalue weighted by Gasteiger charge is 2.64. The molecule has 0 radical (unpaired) electrons. The van der Waals surface area contributed by atoms with Crippen LogP contribution in [-0.2, 0) is 14.3 Å². The summed E-state index contributed by atoms with van der Waals surface area (Å²) in [5.74, 6) is -2.21. The number of cyclic esters (lactones) is 1. The Labute approximate surface area is 104 Å². The maximum atomic E-state index is 12.0. The van der Waals surface area contributed by atoms with Gasteiger partial charge >= 0.3 is 5.97 Å². The van der Waals surface area contributed by atoms with Gasteiger partial charge in [0.05, 0.1) is 0 Å². The van der Waals surface area contributed by atoms with Crippen molar-refractivity contribution in [1.82, 2.24) is 0 Å². The highest BCUT2D eigenvalue weighted by atomic mass is 16.6. The second-order valence-corrected chi connectivity index (χ2v) is 4.41. The lowest BCUT2D eigenvalue weighted by Crippen LogP contribution is -2.56. The van der Waals surface area contributed by atoms with Crippen LogP contribution < -0.4 is 0 Å². The van der Waals surface area contributed by atoms with Crippen molar-refractivity contribution in [2.45, 2.75) is 19.1 Å². The summed E-state index contributed by atoms with van der Waals surface area (Å²) in [5.41, 5.74) is -1.71. The van der Waals surface area contributed by atoms with Crippen LogP contribution in [0.1, 0.15) is 6.92 Å². The van der Waals surface area contributed by atoms with Gasteiger partial charge < -0.3 is 14.9 Å². The van der Waals surface area contributed by atoms with E-state index in [-0.39, 0.29) is 5.76 Å². The average molecular weight is 250 g/mol. The third-order valence-electron chi connectivity index (χ3n) is 3.48. The van der Waals surface area contributed by atoms with Gasteiger partial charge in [-0.2, -0.15) is 0 Å². The second kappa shape index (κ2) is 4.19. The van der Waals surface area contributed by atoms with Gasteiger partial charge in [0.1, 0.15) is 23.4 Å². The van der Waals surface area contributed by atoms with Crippen LogP contribution in [0.5, 0.6) is 0 Å². The number of allylic oxidation sites excluding steroid dienone is 3. The van der Waals surface area contributed by atoms with Gasteiger partial charge in [0.15, 0.2) is 5.78 Å². The largest absolute Gasteiger partial charge is 0.428 e. The molecule has 96 valence electrons. The number of ketones is 1. The third kappa shape index (κ3) is 1.41. The molecule has 2 aliphatic rings. The van der Waals surface area contributed by atoms with E-state index in [1.807, 2.05) is 0 Å². The molecular formula is C13H14O5. The molecule has 1 spiro atoms. The number of hydrogen-bond acceptors (Lipinski definition) is 5. The van der Waals surface area contributed by atoms with E-state index in [0.717, 1.165) is 0 Å². The standard InChI is InChI=1S/C13H14O5/c1-3-4-8-5-6-9(14)11(16)13(8)10(15)7(2)18-12(13)17/h3-6,8,10-11,15-16H,2H2,1H3. The number of esters is 1. The Bertz CT molecular complexity index is 476. The van der Waals surface area contributed by atoms with Crippen LogP contribution in [0.2, 0.25) is 0 Å². The van der Waals surface area contributed by atoms with E-state index >= 15 is 0 Å². The van der Waals surface area contributed by atoms with Crippen molar-refractivity contribution in [2.75, 3.05) is 0 Å². The molecule has 1 saturated heterocycles. The van der Waals surface area contributed by atoms with Crippen molar-refractivity contribution in [1.29, 1.82) is 0 Å². The molecule has 1 heterocycles. The van der Waals surface area contributed by atoms with Crippen LogP contribution in [0.15, 0.2) is 36.6 Å². The molecule has 0 aromatic heterocycles. The molecule has 4 unspecified atom stereocenters. The van der Waals surface area contributed by atoms with Crippen molar-refractivity contribution < 1.29 is 24.5 Å². The van der Waals surface area contributed by atoms with E-state index in [9.17, 15) is 19.8 Å². The third-order valence-corrected chi connectivity index (χ3v) is 3.48. The number of aliphatic hydroxyl groups excluding tert-OH is 2. The zero-order valence-electron chi connectivity index (χ0n) is 9.87. The monoisotopic (exact) mass is 250 g/mol. The molecule has 0 bridgehead atoms. The van der Waals surface area contributed by atoms with Crippen molar-refractivity contribution in [3.05, 3.63) is 36.6 Å². The van der Waals surface area contributed by atoms with Crippen LogP contribution in [0.25, 0.3) is 0 Å². The van der Waals surface area contributed by atoms with Gasteiger partial charge in [-0.1, -0.05) is 24.8 Å². The Morgan fingerprint density at radius 2 is 2.06 bits per heavy atom. The minimum absolute atomic E-state index is 0.142. The molecule has 1 aliphatic heterocycles. The minimum atomic E-state index is -1.71. The number of aliphatic hydroxyl groups is 2. The summed E-state index contributed by atoms with van der Waals surface area (Å²) in [6.45, 7) is 5.17. The fourth-order valence-electron chi connectivity index (χ4n) is 2.52. The summed E-state index contributed by atoms with van der Waals surface area (Å²) in [7, 11) is 0. The molecule has 4 atom stereocenters. The van der Waals surface area contributed by atoms with Gasteiger partial charge in [-0.05, 0) is 13.0 Å². The molecule has 5 heteroatoms. The zero-order chi connectivity index (χ0) is 13.5. The van der Waals surface area contributed by atoms with Gasteiger partial charge in [0, 0.05) is 5.92 Å². The summed E-state index contributed by atoms with van der Waals surface area (Å²) in [4.78, 5) is 23.6. The zero-order valence-corrected chi connectivity index (χ0v) is 9.87. The van der Waals surface area contributed by atoms with Gasteiger partial charge in [0.2, 0.25) is 0 Å². The fraction of sp³-hybridized carbons (Fsp3) is 0.385. The van der Waals surface area contributed by atoms with Crippen LogP contribution in [-0.4, -0.2) is 34.2 Å². The number of carbonyl (C=O) groups excluding carboxylic acids is 2. The van der Waals surface area contributed by atoms with Crippen molar-refractivity contribution >= 4 is 11.8 Å². The predicted octanol–water partition coefficient (Wildman–Crippen LogP) is 0.0963. The fourth-order valence-corrected chi connectivity index (χ4v) is 2.52. The maximum Gasteiger partial charge on any atom is 0.324 e. The topological polar surface area (TPSA) is 83.8 Å².